The third kappa shape index (κ3) is 6.72. The van der Waals surface area contributed by atoms with E-state index in [1.54, 1.807) is 4.31 Å². The van der Waals surface area contributed by atoms with Crippen LogP contribution in [0.2, 0.25) is 0 Å². The maximum absolute atomic E-state index is 12.6. The molecular weight excluding hydrogens is 332 g/mol. The van der Waals surface area contributed by atoms with E-state index in [2.05, 4.69) is 38.2 Å². The van der Waals surface area contributed by atoms with E-state index in [1.807, 2.05) is 6.07 Å². The van der Waals surface area contributed by atoms with Gasteiger partial charge in [0.25, 0.3) is 0 Å². The zero-order chi connectivity index (χ0) is 18.2. The Kier molecular flexibility index (Phi) is 7.91. The molecule has 1 aliphatic heterocycles. The molecule has 0 aromatic heterocycles. The number of quaternary nitrogens is 1. The molecule has 5 heteroatoms. The van der Waals surface area contributed by atoms with E-state index in [0.29, 0.717) is 18.8 Å². The quantitative estimate of drug-likeness (QED) is 0.468. The van der Waals surface area contributed by atoms with Crippen LogP contribution in [-0.2, 0) is 16.6 Å². The molecule has 2 rings (SSSR count). The van der Waals surface area contributed by atoms with Crippen LogP contribution >= 0.6 is 0 Å². The zero-order valence-corrected chi connectivity index (χ0v) is 16.8. The zero-order valence-electron chi connectivity index (χ0n) is 16.0. The second kappa shape index (κ2) is 9.70. The Balaban J connectivity index is 1.76. The summed E-state index contributed by atoms with van der Waals surface area (Å²) in [7, 11) is -0.835. The van der Waals surface area contributed by atoms with E-state index >= 15 is 0 Å². The van der Waals surface area contributed by atoms with Crippen molar-refractivity contribution in [3.8, 4) is 0 Å². The third-order valence-corrected chi connectivity index (χ3v) is 7.29. The van der Waals surface area contributed by atoms with Crippen LogP contribution in [0.4, 0.5) is 0 Å². The van der Waals surface area contributed by atoms with E-state index in [-0.39, 0.29) is 0 Å². The van der Waals surface area contributed by atoms with Gasteiger partial charge in [0.05, 0.1) is 39.0 Å². The van der Waals surface area contributed by atoms with E-state index in [0.717, 1.165) is 43.4 Å². The van der Waals surface area contributed by atoms with Crippen molar-refractivity contribution in [3.63, 3.8) is 0 Å². The van der Waals surface area contributed by atoms with Gasteiger partial charge in [-0.1, -0.05) is 69.4 Å². The molecule has 0 N–H and O–H groups in total. The summed E-state index contributed by atoms with van der Waals surface area (Å²) in [4.78, 5) is 0. The summed E-state index contributed by atoms with van der Waals surface area (Å²) in [6.45, 7) is 6.27. The molecule has 1 aromatic rings. The minimum atomic E-state index is -3.08. The number of unbranched alkanes of at least 4 members (excludes halogenated alkanes) is 5. The topological polar surface area (TPSA) is 37.4 Å². The third-order valence-electron chi connectivity index (χ3n) is 5.33. The summed E-state index contributed by atoms with van der Waals surface area (Å²) in [6, 6.07) is 10.5. The minimum Gasteiger partial charge on any atom is -0.320 e. The van der Waals surface area contributed by atoms with Gasteiger partial charge < -0.3 is 4.48 Å². The predicted octanol–water partition coefficient (Wildman–Crippen LogP) is 3.64. The predicted molar refractivity (Wildman–Crippen MR) is 105 cm³/mol. The molecule has 1 heterocycles. The number of hydrogen-bond donors (Lipinski definition) is 0. The second-order valence-corrected chi connectivity index (χ2v) is 9.78. The molecule has 1 saturated heterocycles. The maximum atomic E-state index is 12.6. The molecule has 25 heavy (non-hydrogen) atoms. The molecule has 4 nitrogen and oxygen atoms in total. The lowest BCUT2D eigenvalue weighted by atomic mass is 10.1. The highest BCUT2D eigenvalue weighted by molar-refractivity contribution is 7.89. The lowest BCUT2D eigenvalue weighted by Crippen LogP contribution is -2.57. The van der Waals surface area contributed by atoms with Crippen LogP contribution in [0.15, 0.2) is 30.3 Å². The molecule has 0 aliphatic carbocycles. The molecule has 0 spiro atoms. The number of hydrogen-bond acceptors (Lipinski definition) is 2. The van der Waals surface area contributed by atoms with Gasteiger partial charge >= 0.3 is 0 Å². The highest BCUT2D eigenvalue weighted by Crippen LogP contribution is 2.18. The van der Waals surface area contributed by atoms with Gasteiger partial charge in [0, 0.05) is 5.56 Å². The number of benzene rings is 1. The molecule has 0 unspecified atom stereocenters. The minimum absolute atomic E-state index is 0.321. The standard InChI is InChI=1S/C20H35N2O2S/c1-3-4-5-6-7-11-18-25(23,24)21-14-16-22(2,17-15-21)19-20-12-9-8-10-13-20/h8-10,12-13H,3-7,11,14-19H2,1-2H3/q+1. The highest BCUT2D eigenvalue weighted by Gasteiger charge is 2.33. The normalized spacial score (nSPS) is 18.3. The van der Waals surface area contributed by atoms with Gasteiger partial charge in [0.1, 0.15) is 6.54 Å². The number of likely N-dealkylation sites (N-methyl/N-ethyl adjacent to an activating group) is 1. The van der Waals surface area contributed by atoms with E-state index in [9.17, 15) is 8.42 Å². The Morgan fingerprint density at radius 3 is 2.20 bits per heavy atom. The van der Waals surface area contributed by atoms with Crippen molar-refractivity contribution in [2.75, 3.05) is 39.0 Å². The van der Waals surface area contributed by atoms with Crippen molar-refractivity contribution in [3.05, 3.63) is 35.9 Å². The van der Waals surface area contributed by atoms with Crippen LogP contribution < -0.4 is 0 Å². The van der Waals surface area contributed by atoms with E-state index in [4.69, 9.17) is 0 Å². The van der Waals surface area contributed by atoms with Crippen molar-refractivity contribution >= 4 is 10.0 Å². The molecule has 0 bridgehead atoms. The van der Waals surface area contributed by atoms with Gasteiger partial charge in [-0.25, -0.2) is 8.42 Å². The lowest BCUT2D eigenvalue weighted by Gasteiger charge is -2.41. The lowest BCUT2D eigenvalue weighted by molar-refractivity contribution is -0.925. The van der Waals surface area contributed by atoms with E-state index in [1.165, 1.54) is 24.8 Å². The first kappa shape index (κ1) is 20.4. The van der Waals surface area contributed by atoms with Crippen molar-refractivity contribution in [1.29, 1.82) is 0 Å². The van der Waals surface area contributed by atoms with Crippen LogP contribution in [0.3, 0.4) is 0 Å². The van der Waals surface area contributed by atoms with Gasteiger partial charge in [0.2, 0.25) is 10.0 Å². The molecule has 1 fully saturated rings. The summed E-state index contributed by atoms with van der Waals surface area (Å²) in [5.41, 5.74) is 1.33. The monoisotopic (exact) mass is 367 g/mol. The molecule has 0 atom stereocenters. The fourth-order valence-corrected chi connectivity index (χ4v) is 5.13. The average molecular weight is 368 g/mol. The molecular formula is C20H35N2O2S+. The summed E-state index contributed by atoms with van der Waals surface area (Å²) < 4.78 is 27.8. The van der Waals surface area contributed by atoms with Gasteiger partial charge in [-0.2, -0.15) is 4.31 Å². The van der Waals surface area contributed by atoms with Crippen molar-refractivity contribution < 1.29 is 12.9 Å². The molecule has 0 saturated carbocycles. The number of nitrogens with zero attached hydrogens (tertiary/aromatic N) is 2. The van der Waals surface area contributed by atoms with Gasteiger partial charge in [-0.05, 0) is 6.42 Å². The second-order valence-electron chi connectivity index (χ2n) is 7.69. The Morgan fingerprint density at radius 2 is 1.56 bits per heavy atom. The van der Waals surface area contributed by atoms with Crippen LogP contribution in [0, 0.1) is 0 Å². The molecule has 142 valence electrons. The van der Waals surface area contributed by atoms with Crippen LogP contribution in [0.5, 0.6) is 0 Å². The Labute approximate surface area is 154 Å². The molecule has 1 aliphatic rings. The summed E-state index contributed by atoms with van der Waals surface area (Å²) in [5.74, 6) is 0.321. The van der Waals surface area contributed by atoms with Crippen molar-refractivity contribution in [2.24, 2.45) is 0 Å². The number of rotatable bonds is 10. The first-order valence-electron chi connectivity index (χ1n) is 9.80. The average Bonchev–Trinajstić information content (AvgIpc) is 2.59. The Morgan fingerprint density at radius 1 is 0.960 bits per heavy atom. The molecule has 0 amide bonds. The number of sulfonamides is 1. The Hall–Kier alpha value is -0.910. The smallest absolute Gasteiger partial charge is 0.214 e. The van der Waals surface area contributed by atoms with Crippen molar-refractivity contribution in [2.45, 2.75) is 52.0 Å². The molecule has 0 radical (unpaired) electrons. The maximum Gasteiger partial charge on any atom is 0.214 e. The molecule has 1 aromatic carbocycles. The van der Waals surface area contributed by atoms with Gasteiger partial charge in [-0.3, -0.25) is 0 Å². The van der Waals surface area contributed by atoms with Crippen molar-refractivity contribution in [1.82, 2.24) is 4.31 Å². The van der Waals surface area contributed by atoms with Gasteiger partial charge in [0.15, 0.2) is 0 Å². The van der Waals surface area contributed by atoms with Crippen LogP contribution in [0.1, 0.15) is 51.0 Å². The van der Waals surface area contributed by atoms with E-state index < -0.39 is 10.0 Å². The van der Waals surface area contributed by atoms with Gasteiger partial charge in [-0.15, -0.1) is 0 Å². The van der Waals surface area contributed by atoms with Crippen LogP contribution in [-0.4, -0.2) is 56.2 Å². The largest absolute Gasteiger partial charge is 0.320 e. The summed E-state index contributed by atoms with van der Waals surface area (Å²) in [5, 5.41) is 0. The number of piperazine rings is 1. The van der Waals surface area contributed by atoms with Crippen LogP contribution in [0.25, 0.3) is 0 Å². The highest BCUT2D eigenvalue weighted by atomic mass is 32.2. The summed E-state index contributed by atoms with van der Waals surface area (Å²) >= 11 is 0. The Bertz CT molecular complexity index is 593. The first-order valence-corrected chi connectivity index (χ1v) is 11.4. The fraction of sp³-hybridized carbons (Fsp3) is 0.700. The fourth-order valence-electron chi connectivity index (χ4n) is 3.58. The first-order chi connectivity index (χ1) is 12.0. The summed E-state index contributed by atoms with van der Waals surface area (Å²) in [6.07, 6.45) is 6.72. The SMILES string of the molecule is CCCCCCCCS(=O)(=O)N1CC[N+](C)(Cc2ccccc2)CC1.